The van der Waals surface area contributed by atoms with E-state index in [1.165, 1.54) is 25.2 Å². The molecule has 0 saturated heterocycles. The Morgan fingerprint density at radius 1 is 1.35 bits per heavy atom. The molecule has 1 aromatic rings. The van der Waals surface area contributed by atoms with Crippen molar-refractivity contribution < 1.29 is 9.72 Å². The highest BCUT2D eigenvalue weighted by Crippen LogP contribution is 2.29. The maximum atomic E-state index is 11.6. The third-order valence-electron chi connectivity index (χ3n) is 3.35. The number of anilines is 1. The van der Waals surface area contributed by atoms with Gasteiger partial charge in [-0.15, -0.1) is 0 Å². The van der Waals surface area contributed by atoms with E-state index in [4.69, 9.17) is 0 Å². The van der Waals surface area contributed by atoms with E-state index in [0.717, 1.165) is 0 Å². The molecule has 0 heterocycles. The molecule has 0 bridgehead atoms. The van der Waals surface area contributed by atoms with Gasteiger partial charge in [-0.1, -0.05) is 20.8 Å². The number of carbonyl (C=O) groups excluding carboxylic acids is 1. The molecule has 0 aromatic heterocycles. The van der Waals surface area contributed by atoms with E-state index >= 15 is 0 Å². The van der Waals surface area contributed by atoms with Crippen LogP contribution < -0.4 is 10.6 Å². The number of hydrogen-bond donors (Lipinski definition) is 2. The fourth-order valence-corrected chi connectivity index (χ4v) is 1.55. The minimum absolute atomic E-state index is 0.0149. The standard InChI is InChI=1S/C14H21N3O3/c1-9(14(2,3)4)16-11-8-10(13(18)15-5)6-7-12(11)17(19)20/h6-9,16H,1-5H3,(H,15,18). The van der Waals surface area contributed by atoms with Gasteiger partial charge in [-0.25, -0.2) is 0 Å². The maximum Gasteiger partial charge on any atom is 0.292 e. The first-order valence-electron chi connectivity index (χ1n) is 6.44. The van der Waals surface area contributed by atoms with Crippen molar-refractivity contribution in [2.45, 2.75) is 33.7 Å². The summed E-state index contributed by atoms with van der Waals surface area (Å²) >= 11 is 0. The maximum absolute atomic E-state index is 11.6. The summed E-state index contributed by atoms with van der Waals surface area (Å²) in [5, 5.41) is 16.7. The molecule has 1 aromatic carbocycles. The van der Waals surface area contributed by atoms with Crippen molar-refractivity contribution in [3.8, 4) is 0 Å². The van der Waals surface area contributed by atoms with Gasteiger partial charge in [-0.2, -0.15) is 0 Å². The Morgan fingerprint density at radius 3 is 2.40 bits per heavy atom. The summed E-state index contributed by atoms with van der Waals surface area (Å²) < 4.78 is 0. The van der Waals surface area contributed by atoms with Crippen LogP contribution in [0.1, 0.15) is 38.1 Å². The molecule has 110 valence electrons. The molecule has 20 heavy (non-hydrogen) atoms. The van der Waals surface area contributed by atoms with Gasteiger partial charge in [0.05, 0.1) is 4.92 Å². The van der Waals surface area contributed by atoms with Gasteiger partial charge >= 0.3 is 0 Å². The topological polar surface area (TPSA) is 84.3 Å². The zero-order valence-corrected chi connectivity index (χ0v) is 12.5. The predicted molar refractivity (Wildman–Crippen MR) is 79.0 cm³/mol. The molecule has 1 unspecified atom stereocenters. The van der Waals surface area contributed by atoms with Gasteiger partial charge in [0.2, 0.25) is 0 Å². The van der Waals surface area contributed by atoms with Gasteiger partial charge in [-0.3, -0.25) is 14.9 Å². The molecule has 2 N–H and O–H groups in total. The normalized spacial score (nSPS) is 12.7. The number of hydrogen-bond acceptors (Lipinski definition) is 4. The Balaban J connectivity index is 3.19. The molecule has 6 heteroatoms. The average molecular weight is 279 g/mol. The van der Waals surface area contributed by atoms with Crippen LogP contribution in [0.15, 0.2) is 18.2 Å². The molecule has 0 spiro atoms. The van der Waals surface area contributed by atoms with Crippen LogP contribution >= 0.6 is 0 Å². The van der Waals surface area contributed by atoms with Crippen molar-refractivity contribution in [2.24, 2.45) is 5.41 Å². The zero-order chi connectivity index (χ0) is 15.5. The van der Waals surface area contributed by atoms with Crippen LogP contribution in [-0.4, -0.2) is 23.9 Å². The van der Waals surface area contributed by atoms with Gasteiger partial charge in [0.15, 0.2) is 0 Å². The summed E-state index contributed by atoms with van der Waals surface area (Å²) in [6, 6.07) is 4.33. The quantitative estimate of drug-likeness (QED) is 0.655. The molecule has 0 radical (unpaired) electrons. The van der Waals surface area contributed by atoms with Crippen LogP contribution in [0, 0.1) is 15.5 Å². The Labute approximate surface area is 118 Å². The van der Waals surface area contributed by atoms with E-state index < -0.39 is 4.92 Å². The monoisotopic (exact) mass is 279 g/mol. The molecular weight excluding hydrogens is 258 g/mol. The van der Waals surface area contributed by atoms with E-state index in [-0.39, 0.29) is 23.1 Å². The fraction of sp³-hybridized carbons (Fsp3) is 0.500. The first-order chi connectivity index (χ1) is 9.16. The van der Waals surface area contributed by atoms with Crippen LogP contribution in [0.4, 0.5) is 11.4 Å². The largest absolute Gasteiger partial charge is 0.376 e. The van der Waals surface area contributed by atoms with Crippen molar-refractivity contribution in [3.05, 3.63) is 33.9 Å². The molecule has 0 saturated carbocycles. The summed E-state index contributed by atoms with van der Waals surface area (Å²) in [5.74, 6) is -0.272. The number of nitrogens with one attached hydrogen (secondary N) is 2. The highest BCUT2D eigenvalue weighted by atomic mass is 16.6. The van der Waals surface area contributed by atoms with Crippen molar-refractivity contribution in [1.82, 2.24) is 5.32 Å². The van der Waals surface area contributed by atoms with E-state index in [2.05, 4.69) is 10.6 Å². The van der Waals surface area contributed by atoms with E-state index in [1.54, 1.807) is 0 Å². The molecule has 6 nitrogen and oxygen atoms in total. The lowest BCUT2D eigenvalue weighted by Gasteiger charge is -2.29. The van der Waals surface area contributed by atoms with Crippen LogP contribution in [0.5, 0.6) is 0 Å². The third kappa shape index (κ3) is 3.69. The number of nitrogens with zero attached hydrogens (tertiary/aromatic N) is 1. The Kier molecular flexibility index (Phi) is 4.70. The van der Waals surface area contributed by atoms with E-state index in [0.29, 0.717) is 11.3 Å². The summed E-state index contributed by atoms with van der Waals surface area (Å²) in [6.45, 7) is 8.08. The lowest BCUT2D eigenvalue weighted by atomic mass is 9.88. The Morgan fingerprint density at radius 2 is 1.95 bits per heavy atom. The van der Waals surface area contributed by atoms with Gasteiger partial charge in [0.1, 0.15) is 5.69 Å². The van der Waals surface area contributed by atoms with Crippen LogP contribution in [-0.2, 0) is 0 Å². The van der Waals surface area contributed by atoms with Crippen LogP contribution in [0.25, 0.3) is 0 Å². The van der Waals surface area contributed by atoms with Crippen LogP contribution in [0.2, 0.25) is 0 Å². The summed E-state index contributed by atoms with van der Waals surface area (Å²) in [7, 11) is 1.52. The summed E-state index contributed by atoms with van der Waals surface area (Å²) in [6.07, 6.45) is 0. The molecule has 1 amide bonds. The van der Waals surface area contributed by atoms with Gasteiger partial charge in [0, 0.05) is 24.7 Å². The first-order valence-corrected chi connectivity index (χ1v) is 6.44. The van der Waals surface area contributed by atoms with E-state index in [9.17, 15) is 14.9 Å². The number of benzene rings is 1. The average Bonchev–Trinajstić information content (AvgIpc) is 2.36. The van der Waals surface area contributed by atoms with Crippen molar-refractivity contribution in [1.29, 1.82) is 0 Å². The molecule has 0 aliphatic carbocycles. The van der Waals surface area contributed by atoms with Crippen molar-refractivity contribution in [2.75, 3.05) is 12.4 Å². The molecule has 1 rings (SSSR count). The summed E-state index contributed by atoms with van der Waals surface area (Å²) in [4.78, 5) is 22.2. The van der Waals surface area contributed by atoms with Gasteiger partial charge in [-0.05, 0) is 24.5 Å². The smallest absolute Gasteiger partial charge is 0.292 e. The SMILES string of the molecule is CNC(=O)c1ccc([N+](=O)[O-])c(NC(C)C(C)(C)C)c1. The predicted octanol–water partition coefficient (Wildman–Crippen LogP) is 2.80. The number of rotatable bonds is 4. The lowest BCUT2D eigenvalue weighted by molar-refractivity contribution is -0.384. The fourth-order valence-electron chi connectivity index (χ4n) is 1.55. The zero-order valence-electron chi connectivity index (χ0n) is 12.5. The van der Waals surface area contributed by atoms with E-state index in [1.807, 2.05) is 27.7 Å². The third-order valence-corrected chi connectivity index (χ3v) is 3.35. The van der Waals surface area contributed by atoms with Crippen molar-refractivity contribution in [3.63, 3.8) is 0 Å². The van der Waals surface area contributed by atoms with Crippen molar-refractivity contribution >= 4 is 17.3 Å². The lowest BCUT2D eigenvalue weighted by Crippen LogP contribution is -2.31. The second kappa shape index (κ2) is 5.90. The molecule has 0 fully saturated rings. The molecule has 0 aliphatic rings. The minimum Gasteiger partial charge on any atom is -0.376 e. The minimum atomic E-state index is -0.453. The molecule has 1 atom stereocenters. The first kappa shape index (κ1) is 15.9. The number of nitro benzene ring substituents is 1. The molecule has 0 aliphatic heterocycles. The Hall–Kier alpha value is -2.11. The second-order valence-electron chi connectivity index (χ2n) is 5.80. The Bertz CT molecular complexity index is 521. The van der Waals surface area contributed by atoms with Gasteiger partial charge < -0.3 is 10.6 Å². The number of amides is 1. The summed E-state index contributed by atoms with van der Waals surface area (Å²) in [5.41, 5.74) is 0.658. The molecular formula is C14H21N3O3. The number of carbonyl (C=O) groups is 1. The highest BCUT2D eigenvalue weighted by Gasteiger charge is 2.24. The van der Waals surface area contributed by atoms with Gasteiger partial charge in [0.25, 0.3) is 11.6 Å². The highest BCUT2D eigenvalue weighted by molar-refractivity contribution is 5.95. The second-order valence-corrected chi connectivity index (χ2v) is 5.80. The number of nitro groups is 1. The van der Waals surface area contributed by atoms with Crippen LogP contribution in [0.3, 0.4) is 0 Å².